The number of allylic oxidation sites excluding steroid dienone is 2. The number of benzene rings is 1. The lowest BCUT2D eigenvalue weighted by Crippen LogP contribution is -2.41. The lowest BCUT2D eigenvalue weighted by Gasteiger charge is -2.20. The van der Waals surface area contributed by atoms with Gasteiger partial charge >= 0.3 is 0 Å². The second-order valence-corrected chi connectivity index (χ2v) is 5.22. The highest BCUT2D eigenvalue weighted by Gasteiger charge is 2.32. The summed E-state index contributed by atoms with van der Waals surface area (Å²) in [5, 5.41) is 9.35. The van der Waals surface area contributed by atoms with Crippen LogP contribution in [0.15, 0.2) is 35.4 Å². The Hall–Kier alpha value is -1.86. The molecule has 0 saturated carbocycles. The largest absolute Gasteiger partial charge is 0.391 e. The van der Waals surface area contributed by atoms with Gasteiger partial charge in [0.25, 0.3) is 0 Å². The van der Waals surface area contributed by atoms with Crippen molar-refractivity contribution >= 4 is 29.2 Å². The van der Waals surface area contributed by atoms with E-state index in [4.69, 9.17) is 10.4 Å². The van der Waals surface area contributed by atoms with E-state index in [9.17, 15) is 19.5 Å². The Balaban J connectivity index is 0.00000127. The SMILES string of the molecule is CC1=C(CC(=O)[C@@H](N)[C@@H](C)O)C(=O)c2ccccc2C1=O.OCl. The number of carbonyl (C=O) groups excluding carboxylic acids is 3. The van der Waals surface area contributed by atoms with Gasteiger partial charge in [0, 0.05) is 28.7 Å². The molecule has 0 spiro atoms. The summed E-state index contributed by atoms with van der Waals surface area (Å²) < 4.78 is 6.47. The van der Waals surface area contributed by atoms with Gasteiger partial charge in [-0.25, -0.2) is 0 Å². The van der Waals surface area contributed by atoms with Crippen LogP contribution in [0.4, 0.5) is 0 Å². The molecule has 23 heavy (non-hydrogen) atoms. The number of hydrogen-bond acceptors (Lipinski definition) is 6. The third-order valence-electron chi connectivity index (χ3n) is 3.73. The van der Waals surface area contributed by atoms with Crippen molar-refractivity contribution in [2.45, 2.75) is 32.4 Å². The summed E-state index contributed by atoms with van der Waals surface area (Å²) in [4.78, 5) is 36.7. The van der Waals surface area contributed by atoms with Crippen LogP contribution in [0.1, 0.15) is 41.0 Å². The highest BCUT2D eigenvalue weighted by molar-refractivity contribution is 6.27. The first-order valence-corrected chi connectivity index (χ1v) is 7.19. The van der Waals surface area contributed by atoms with Gasteiger partial charge in [0.05, 0.1) is 24.0 Å². The number of nitrogens with two attached hydrogens (primary N) is 1. The van der Waals surface area contributed by atoms with Gasteiger partial charge in [-0.15, -0.1) is 0 Å². The molecule has 2 rings (SSSR count). The summed E-state index contributed by atoms with van der Waals surface area (Å²) in [6.07, 6.45) is -1.24. The Morgan fingerprint density at radius 2 is 1.65 bits per heavy atom. The predicted molar refractivity (Wildman–Crippen MR) is 85.2 cm³/mol. The number of aliphatic hydroxyl groups excluding tert-OH is 1. The molecule has 0 fully saturated rings. The van der Waals surface area contributed by atoms with Gasteiger partial charge in [-0.05, 0) is 13.8 Å². The van der Waals surface area contributed by atoms with Crippen LogP contribution in [0.2, 0.25) is 0 Å². The van der Waals surface area contributed by atoms with Gasteiger partial charge in [0.2, 0.25) is 0 Å². The molecule has 0 amide bonds. The molecule has 0 saturated heterocycles. The molecular formula is C16H18ClNO5. The van der Waals surface area contributed by atoms with Gasteiger partial charge in [0.1, 0.15) is 0 Å². The minimum Gasteiger partial charge on any atom is -0.391 e. The average molecular weight is 340 g/mol. The van der Waals surface area contributed by atoms with Crippen molar-refractivity contribution in [3.63, 3.8) is 0 Å². The van der Waals surface area contributed by atoms with E-state index in [1.165, 1.54) is 13.8 Å². The summed E-state index contributed by atoms with van der Waals surface area (Å²) >= 11 is 3.64. The number of Topliss-reactive ketones (excluding diaryl/α,β-unsaturated/α-hetero) is 3. The molecule has 1 aliphatic carbocycles. The zero-order valence-corrected chi connectivity index (χ0v) is 13.5. The van der Waals surface area contributed by atoms with Crippen LogP contribution in [0.3, 0.4) is 0 Å². The molecule has 0 bridgehead atoms. The summed E-state index contributed by atoms with van der Waals surface area (Å²) in [5.74, 6) is -1.03. The van der Waals surface area contributed by atoms with E-state index in [1.807, 2.05) is 0 Å². The molecule has 124 valence electrons. The van der Waals surface area contributed by atoms with E-state index in [2.05, 4.69) is 11.9 Å². The number of hydrogen-bond donors (Lipinski definition) is 3. The minimum atomic E-state index is -1.06. The molecule has 0 aromatic heterocycles. The molecule has 0 heterocycles. The van der Waals surface area contributed by atoms with Gasteiger partial charge < -0.3 is 10.8 Å². The normalized spacial score (nSPS) is 16.3. The highest BCUT2D eigenvalue weighted by Crippen LogP contribution is 2.28. The molecule has 7 heteroatoms. The molecular weight excluding hydrogens is 322 g/mol. The quantitative estimate of drug-likeness (QED) is 0.758. The lowest BCUT2D eigenvalue weighted by molar-refractivity contribution is -0.121. The topological polar surface area (TPSA) is 118 Å². The standard InChI is InChI=1S/C16H17NO4.ClHO/c1-8-12(7-13(19)14(17)9(2)18)16(21)11-6-4-3-5-10(11)15(8)20;1-2/h3-6,9,14,18H,7,17H2,1-2H3;2H/t9-,14+;/m1./s1. The maximum absolute atomic E-state index is 12.4. The zero-order valence-electron chi connectivity index (χ0n) is 12.7. The summed E-state index contributed by atoms with van der Waals surface area (Å²) in [5.41, 5.74) is 6.68. The van der Waals surface area contributed by atoms with E-state index >= 15 is 0 Å². The molecule has 0 aliphatic heterocycles. The molecule has 4 N–H and O–H groups in total. The Bertz CT molecular complexity index is 666. The van der Waals surface area contributed by atoms with E-state index in [0.29, 0.717) is 11.1 Å². The third kappa shape index (κ3) is 3.92. The number of carbonyl (C=O) groups is 3. The van der Waals surface area contributed by atoms with Gasteiger partial charge in [-0.2, -0.15) is 0 Å². The van der Waals surface area contributed by atoms with Crippen LogP contribution in [-0.2, 0) is 4.79 Å². The molecule has 1 aliphatic rings. The number of halogens is 1. The minimum absolute atomic E-state index is 0.166. The van der Waals surface area contributed by atoms with E-state index in [0.717, 1.165) is 0 Å². The van der Waals surface area contributed by atoms with Crippen LogP contribution in [0.5, 0.6) is 0 Å². The van der Waals surface area contributed by atoms with Crippen molar-refractivity contribution in [3.05, 3.63) is 46.5 Å². The second kappa shape index (κ2) is 8.12. The fourth-order valence-corrected chi connectivity index (χ4v) is 2.32. The maximum atomic E-state index is 12.4. The predicted octanol–water partition coefficient (Wildman–Crippen LogP) is 1.18. The van der Waals surface area contributed by atoms with Gasteiger partial charge in [0.15, 0.2) is 17.3 Å². The average Bonchev–Trinajstić information content (AvgIpc) is 2.57. The monoisotopic (exact) mass is 339 g/mol. The van der Waals surface area contributed by atoms with Crippen molar-refractivity contribution < 1.29 is 24.1 Å². The van der Waals surface area contributed by atoms with Crippen molar-refractivity contribution in [2.75, 3.05) is 0 Å². The van der Waals surface area contributed by atoms with Gasteiger partial charge in [-0.3, -0.25) is 19.0 Å². The van der Waals surface area contributed by atoms with Crippen LogP contribution >= 0.6 is 11.9 Å². The van der Waals surface area contributed by atoms with E-state index in [-0.39, 0.29) is 29.1 Å². The van der Waals surface area contributed by atoms with Gasteiger partial charge in [-0.1, -0.05) is 24.3 Å². The second-order valence-electron chi connectivity index (χ2n) is 5.22. The molecule has 2 atom stereocenters. The Morgan fingerprint density at radius 3 is 2.13 bits per heavy atom. The lowest BCUT2D eigenvalue weighted by atomic mass is 9.82. The van der Waals surface area contributed by atoms with E-state index in [1.54, 1.807) is 24.3 Å². The summed E-state index contributed by atoms with van der Waals surface area (Å²) in [6.45, 7) is 2.94. The summed E-state index contributed by atoms with van der Waals surface area (Å²) in [6, 6.07) is 5.47. The Labute approximate surface area is 138 Å². The smallest absolute Gasteiger partial charge is 0.190 e. The number of ketones is 3. The molecule has 0 radical (unpaired) electrons. The van der Waals surface area contributed by atoms with Crippen LogP contribution in [0, 0.1) is 0 Å². The van der Waals surface area contributed by atoms with Crippen molar-refractivity contribution in [1.82, 2.24) is 0 Å². The molecule has 0 unspecified atom stereocenters. The fourth-order valence-electron chi connectivity index (χ4n) is 2.32. The van der Waals surface area contributed by atoms with Crippen LogP contribution < -0.4 is 5.73 Å². The first-order chi connectivity index (χ1) is 10.8. The van der Waals surface area contributed by atoms with Crippen LogP contribution in [-0.4, -0.2) is 39.3 Å². The number of rotatable bonds is 4. The molecule has 1 aromatic carbocycles. The Kier molecular flexibility index (Phi) is 6.78. The zero-order chi connectivity index (χ0) is 17.7. The van der Waals surface area contributed by atoms with E-state index < -0.39 is 17.9 Å². The number of aliphatic hydroxyl groups is 1. The maximum Gasteiger partial charge on any atom is 0.190 e. The van der Waals surface area contributed by atoms with Crippen molar-refractivity contribution in [2.24, 2.45) is 5.73 Å². The van der Waals surface area contributed by atoms with Crippen molar-refractivity contribution in [1.29, 1.82) is 0 Å². The van der Waals surface area contributed by atoms with Crippen molar-refractivity contribution in [3.8, 4) is 0 Å². The Morgan fingerprint density at radius 1 is 1.17 bits per heavy atom. The fraction of sp³-hybridized carbons (Fsp3) is 0.312. The molecule has 1 aromatic rings. The van der Waals surface area contributed by atoms with Crippen LogP contribution in [0.25, 0.3) is 0 Å². The molecule has 6 nitrogen and oxygen atoms in total. The third-order valence-corrected chi connectivity index (χ3v) is 3.73. The first-order valence-electron chi connectivity index (χ1n) is 6.86. The summed E-state index contributed by atoms with van der Waals surface area (Å²) in [7, 11) is 0. The first kappa shape index (κ1) is 19.2. The highest BCUT2D eigenvalue weighted by atomic mass is 35.5. The number of fused-ring (bicyclic) bond motifs is 1.